The summed E-state index contributed by atoms with van der Waals surface area (Å²) in [6, 6.07) is 7.45. The summed E-state index contributed by atoms with van der Waals surface area (Å²) in [5.41, 5.74) is 1.87. The number of nitrogens with one attached hydrogen (secondary N) is 1. The SMILES string of the molecule is CC(C)=CC(=O)OCC(=O)NCCc1cccc(Cl)c1. The molecule has 0 heterocycles. The highest BCUT2D eigenvalue weighted by molar-refractivity contribution is 6.30. The van der Waals surface area contributed by atoms with Gasteiger partial charge in [-0.05, 0) is 38.0 Å². The van der Waals surface area contributed by atoms with Crippen molar-refractivity contribution in [2.45, 2.75) is 20.3 Å². The second kappa shape index (κ2) is 8.38. The van der Waals surface area contributed by atoms with Crippen LogP contribution in [0.3, 0.4) is 0 Å². The summed E-state index contributed by atoms with van der Waals surface area (Å²) in [7, 11) is 0. The molecular formula is C15H18ClNO3. The van der Waals surface area contributed by atoms with Crippen LogP contribution < -0.4 is 5.32 Å². The lowest BCUT2D eigenvalue weighted by Crippen LogP contribution is -2.30. The second-order valence-electron chi connectivity index (χ2n) is 4.56. The second-order valence-corrected chi connectivity index (χ2v) is 5.00. The number of hydrogen-bond donors (Lipinski definition) is 1. The highest BCUT2D eigenvalue weighted by Crippen LogP contribution is 2.10. The van der Waals surface area contributed by atoms with Gasteiger partial charge in [-0.15, -0.1) is 0 Å². The minimum Gasteiger partial charge on any atom is -0.452 e. The van der Waals surface area contributed by atoms with Gasteiger partial charge >= 0.3 is 5.97 Å². The van der Waals surface area contributed by atoms with Gasteiger partial charge in [-0.3, -0.25) is 4.79 Å². The number of amides is 1. The van der Waals surface area contributed by atoms with Crippen LogP contribution in [0.4, 0.5) is 0 Å². The Kier molecular flexibility index (Phi) is 6.81. The van der Waals surface area contributed by atoms with Crippen LogP contribution in [0.25, 0.3) is 0 Å². The summed E-state index contributed by atoms with van der Waals surface area (Å²) in [4.78, 5) is 22.7. The molecule has 0 spiro atoms. The number of halogens is 1. The van der Waals surface area contributed by atoms with E-state index >= 15 is 0 Å². The maximum absolute atomic E-state index is 11.5. The summed E-state index contributed by atoms with van der Waals surface area (Å²) >= 11 is 5.86. The van der Waals surface area contributed by atoms with E-state index in [0.29, 0.717) is 18.0 Å². The summed E-state index contributed by atoms with van der Waals surface area (Å²) in [6.07, 6.45) is 2.02. The van der Waals surface area contributed by atoms with Crippen LogP contribution >= 0.6 is 11.6 Å². The predicted molar refractivity (Wildman–Crippen MR) is 78.6 cm³/mol. The molecule has 0 aliphatic carbocycles. The quantitative estimate of drug-likeness (QED) is 0.648. The lowest BCUT2D eigenvalue weighted by molar-refractivity contribution is -0.143. The molecule has 1 aromatic carbocycles. The third-order valence-corrected chi connectivity index (χ3v) is 2.61. The van der Waals surface area contributed by atoms with Crippen molar-refractivity contribution < 1.29 is 14.3 Å². The molecule has 0 aliphatic heterocycles. The fourth-order valence-electron chi connectivity index (χ4n) is 1.50. The van der Waals surface area contributed by atoms with Crippen molar-refractivity contribution in [3.05, 3.63) is 46.5 Å². The third-order valence-electron chi connectivity index (χ3n) is 2.38. The van der Waals surface area contributed by atoms with Crippen molar-refractivity contribution in [3.63, 3.8) is 0 Å². The number of ether oxygens (including phenoxy) is 1. The average Bonchev–Trinajstić information content (AvgIpc) is 2.36. The van der Waals surface area contributed by atoms with Crippen LogP contribution in [-0.4, -0.2) is 25.0 Å². The summed E-state index contributed by atoms with van der Waals surface area (Å²) in [6.45, 7) is 3.77. The van der Waals surface area contributed by atoms with Crippen molar-refractivity contribution in [1.29, 1.82) is 0 Å². The zero-order valence-electron chi connectivity index (χ0n) is 11.6. The van der Waals surface area contributed by atoms with E-state index in [-0.39, 0.29) is 12.5 Å². The molecule has 1 rings (SSSR count). The van der Waals surface area contributed by atoms with Crippen molar-refractivity contribution in [2.24, 2.45) is 0 Å². The van der Waals surface area contributed by atoms with Crippen LogP contribution in [-0.2, 0) is 20.7 Å². The molecular weight excluding hydrogens is 278 g/mol. The van der Waals surface area contributed by atoms with Crippen LogP contribution in [0.1, 0.15) is 19.4 Å². The zero-order valence-corrected chi connectivity index (χ0v) is 12.4. The third kappa shape index (κ3) is 6.95. The van der Waals surface area contributed by atoms with Crippen LogP contribution in [0, 0.1) is 0 Å². The Morgan fingerprint density at radius 1 is 1.35 bits per heavy atom. The summed E-state index contributed by atoms with van der Waals surface area (Å²) in [5.74, 6) is -0.822. The van der Waals surface area contributed by atoms with Gasteiger partial charge in [-0.1, -0.05) is 29.3 Å². The largest absolute Gasteiger partial charge is 0.452 e. The minimum absolute atomic E-state index is 0.266. The lowest BCUT2D eigenvalue weighted by atomic mass is 10.1. The first-order chi connectivity index (χ1) is 9.47. The average molecular weight is 296 g/mol. The standard InChI is InChI=1S/C15H18ClNO3/c1-11(2)8-15(19)20-10-14(18)17-7-6-12-4-3-5-13(16)9-12/h3-5,8-9H,6-7,10H2,1-2H3,(H,17,18). The van der Waals surface area contributed by atoms with Crippen molar-refractivity contribution in [1.82, 2.24) is 5.32 Å². The van der Waals surface area contributed by atoms with Gasteiger partial charge in [-0.2, -0.15) is 0 Å². The number of carbonyl (C=O) groups excluding carboxylic acids is 2. The molecule has 1 N–H and O–H groups in total. The van der Waals surface area contributed by atoms with Crippen molar-refractivity contribution in [2.75, 3.05) is 13.2 Å². The van der Waals surface area contributed by atoms with E-state index in [1.165, 1.54) is 6.08 Å². The highest BCUT2D eigenvalue weighted by atomic mass is 35.5. The van der Waals surface area contributed by atoms with E-state index < -0.39 is 5.97 Å². The number of benzene rings is 1. The molecule has 0 saturated heterocycles. The molecule has 0 bridgehead atoms. The molecule has 1 amide bonds. The van der Waals surface area contributed by atoms with E-state index in [1.807, 2.05) is 18.2 Å². The van der Waals surface area contributed by atoms with E-state index in [9.17, 15) is 9.59 Å². The van der Waals surface area contributed by atoms with Gasteiger partial charge in [0.15, 0.2) is 6.61 Å². The molecule has 20 heavy (non-hydrogen) atoms. The molecule has 0 fully saturated rings. The first kappa shape index (κ1) is 16.2. The van der Waals surface area contributed by atoms with Gasteiger partial charge in [0.2, 0.25) is 0 Å². The molecule has 108 valence electrons. The maximum atomic E-state index is 11.5. The Morgan fingerprint density at radius 3 is 2.75 bits per heavy atom. The van der Waals surface area contributed by atoms with Gasteiger partial charge in [0.25, 0.3) is 5.91 Å². The normalized spacial score (nSPS) is 9.75. The Morgan fingerprint density at radius 2 is 2.10 bits per heavy atom. The summed E-state index contributed by atoms with van der Waals surface area (Å²) < 4.78 is 4.79. The van der Waals surface area contributed by atoms with Crippen LogP contribution in [0.5, 0.6) is 0 Å². The summed E-state index contributed by atoms with van der Waals surface area (Å²) in [5, 5.41) is 3.35. The zero-order chi connectivity index (χ0) is 15.0. The van der Waals surface area contributed by atoms with E-state index in [2.05, 4.69) is 5.32 Å². The molecule has 0 aromatic heterocycles. The molecule has 0 unspecified atom stereocenters. The van der Waals surface area contributed by atoms with Gasteiger partial charge < -0.3 is 10.1 Å². The predicted octanol–water partition coefficient (Wildman–Crippen LogP) is 2.51. The molecule has 1 aromatic rings. The molecule has 0 aliphatic rings. The smallest absolute Gasteiger partial charge is 0.331 e. The van der Waals surface area contributed by atoms with E-state index in [0.717, 1.165) is 11.1 Å². The Balaban J connectivity index is 2.24. The molecule has 0 saturated carbocycles. The number of hydrogen-bond acceptors (Lipinski definition) is 3. The minimum atomic E-state index is -0.505. The molecule has 0 atom stereocenters. The van der Waals surface area contributed by atoms with Crippen LogP contribution in [0.15, 0.2) is 35.9 Å². The fraction of sp³-hybridized carbons (Fsp3) is 0.333. The Bertz CT molecular complexity index is 508. The number of carbonyl (C=O) groups is 2. The monoisotopic (exact) mass is 295 g/mol. The van der Waals surface area contributed by atoms with Crippen molar-refractivity contribution >= 4 is 23.5 Å². The van der Waals surface area contributed by atoms with Gasteiger partial charge in [0.05, 0.1) is 0 Å². The molecule has 4 nitrogen and oxygen atoms in total. The number of esters is 1. The topological polar surface area (TPSA) is 55.4 Å². The van der Waals surface area contributed by atoms with Crippen LogP contribution in [0.2, 0.25) is 5.02 Å². The Hall–Kier alpha value is -1.81. The number of rotatable bonds is 6. The maximum Gasteiger partial charge on any atom is 0.331 e. The van der Waals surface area contributed by atoms with Gasteiger partial charge in [0.1, 0.15) is 0 Å². The first-order valence-corrected chi connectivity index (χ1v) is 6.68. The highest BCUT2D eigenvalue weighted by Gasteiger charge is 2.05. The molecule has 5 heteroatoms. The van der Waals surface area contributed by atoms with Crippen molar-refractivity contribution in [3.8, 4) is 0 Å². The van der Waals surface area contributed by atoms with Gasteiger partial charge in [0, 0.05) is 17.6 Å². The fourth-order valence-corrected chi connectivity index (χ4v) is 1.72. The Labute approximate surface area is 123 Å². The lowest BCUT2D eigenvalue weighted by Gasteiger charge is -2.06. The van der Waals surface area contributed by atoms with E-state index in [4.69, 9.17) is 16.3 Å². The number of allylic oxidation sites excluding steroid dienone is 1. The van der Waals surface area contributed by atoms with Gasteiger partial charge in [-0.25, -0.2) is 4.79 Å². The van der Waals surface area contributed by atoms with E-state index in [1.54, 1.807) is 19.9 Å². The molecule has 0 radical (unpaired) electrons. The first-order valence-electron chi connectivity index (χ1n) is 6.30.